The lowest BCUT2D eigenvalue weighted by Crippen LogP contribution is -2.37. The van der Waals surface area contributed by atoms with Crippen LogP contribution in [0.5, 0.6) is 0 Å². The number of carbonyl (C=O) groups is 2. The van der Waals surface area contributed by atoms with E-state index in [0.717, 1.165) is 5.69 Å². The van der Waals surface area contributed by atoms with Gasteiger partial charge in [0.25, 0.3) is 5.91 Å². The molecule has 1 aliphatic rings. The van der Waals surface area contributed by atoms with Crippen LogP contribution < -0.4 is 16.0 Å². The molecule has 42 heavy (non-hydrogen) atoms. The Morgan fingerprint density at radius 1 is 1.12 bits per heavy atom. The average Bonchev–Trinajstić information content (AvgIpc) is 3.62. The number of allylic oxidation sites excluding steroid dienone is 1. The summed E-state index contributed by atoms with van der Waals surface area (Å²) in [7, 11) is 0. The summed E-state index contributed by atoms with van der Waals surface area (Å²) < 4.78 is 21.1. The van der Waals surface area contributed by atoms with Crippen molar-refractivity contribution in [3.05, 3.63) is 107 Å². The van der Waals surface area contributed by atoms with Crippen LogP contribution in [0.1, 0.15) is 35.8 Å². The maximum Gasteiger partial charge on any atom is 0.302 e. The van der Waals surface area contributed by atoms with Crippen molar-refractivity contribution in [1.82, 2.24) is 24.8 Å². The fourth-order valence-corrected chi connectivity index (χ4v) is 4.80. The SMILES string of the molecule is CC(=O)c1ccnc(NC(=O)C2=C(C)NC(Nc3nc4ccc(F)cc4o3)=NC2c2ccc(-n3ccnc3)cc2Cl)c1. The number of ketones is 1. The van der Waals surface area contributed by atoms with Gasteiger partial charge in [0.15, 0.2) is 11.4 Å². The number of amides is 1. The summed E-state index contributed by atoms with van der Waals surface area (Å²) in [6, 6.07) is 11.7. The van der Waals surface area contributed by atoms with Crippen LogP contribution in [-0.2, 0) is 4.79 Å². The fraction of sp³-hybridized carbons (Fsp3) is 0.103. The van der Waals surface area contributed by atoms with Crippen molar-refractivity contribution in [3.63, 3.8) is 0 Å². The number of Topliss-reactive ketones (excluding diaryl/α,β-unsaturated/α-hetero) is 1. The lowest BCUT2D eigenvalue weighted by molar-refractivity contribution is -0.113. The number of aromatic nitrogens is 4. The number of benzene rings is 2. The van der Waals surface area contributed by atoms with Crippen molar-refractivity contribution in [2.45, 2.75) is 19.9 Å². The Morgan fingerprint density at radius 3 is 2.74 bits per heavy atom. The second-order valence-electron chi connectivity index (χ2n) is 9.42. The Bertz CT molecular complexity index is 1920. The first-order valence-electron chi connectivity index (χ1n) is 12.7. The van der Waals surface area contributed by atoms with Crippen LogP contribution in [0.15, 0.2) is 94.1 Å². The molecule has 0 aliphatic carbocycles. The van der Waals surface area contributed by atoms with Gasteiger partial charge in [0, 0.05) is 52.2 Å². The first kappa shape index (κ1) is 26.8. The minimum Gasteiger partial charge on any atom is -0.423 e. The van der Waals surface area contributed by atoms with E-state index in [1.54, 1.807) is 48.4 Å². The van der Waals surface area contributed by atoms with Crippen molar-refractivity contribution in [2.75, 3.05) is 10.6 Å². The number of aliphatic imine (C=N–C) groups is 1. The van der Waals surface area contributed by atoms with Gasteiger partial charge in [0.05, 0.1) is 11.9 Å². The number of hydrogen-bond acceptors (Lipinski definition) is 9. The largest absolute Gasteiger partial charge is 0.423 e. The normalized spacial score (nSPS) is 14.9. The Kier molecular flexibility index (Phi) is 6.97. The highest BCUT2D eigenvalue weighted by Gasteiger charge is 2.31. The van der Waals surface area contributed by atoms with Gasteiger partial charge in [0.2, 0.25) is 5.96 Å². The maximum atomic E-state index is 13.7. The average molecular weight is 585 g/mol. The van der Waals surface area contributed by atoms with Gasteiger partial charge in [-0.15, -0.1) is 0 Å². The molecule has 5 aromatic rings. The summed E-state index contributed by atoms with van der Waals surface area (Å²) in [6.07, 6.45) is 6.53. The zero-order chi connectivity index (χ0) is 29.4. The molecular weight excluding hydrogens is 563 g/mol. The number of halogens is 2. The molecule has 2 aromatic carbocycles. The van der Waals surface area contributed by atoms with Crippen LogP contribution in [0.4, 0.5) is 16.2 Å². The van der Waals surface area contributed by atoms with Gasteiger partial charge in [-0.2, -0.15) is 4.98 Å². The molecule has 210 valence electrons. The number of nitrogens with one attached hydrogen (secondary N) is 3. The third-order valence-corrected chi connectivity index (χ3v) is 6.88. The van der Waals surface area contributed by atoms with E-state index in [4.69, 9.17) is 21.0 Å². The number of pyridine rings is 1. The minimum absolute atomic E-state index is 0.0769. The number of hydrogen-bond donors (Lipinski definition) is 3. The van der Waals surface area contributed by atoms with E-state index in [-0.39, 0.29) is 34.7 Å². The van der Waals surface area contributed by atoms with Crippen LogP contribution in [0, 0.1) is 5.82 Å². The maximum absolute atomic E-state index is 13.7. The van der Waals surface area contributed by atoms with Crippen molar-refractivity contribution in [1.29, 1.82) is 0 Å². The number of nitrogens with zero attached hydrogens (tertiary/aromatic N) is 5. The van der Waals surface area contributed by atoms with Crippen LogP contribution >= 0.6 is 11.6 Å². The molecular formula is C29H22ClFN8O3. The highest BCUT2D eigenvalue weighted by Crippen LogP contribution is 2.36. The molecule has 11 nitrogen and oxygen atoms in total. The molecule has 13 heteroatoms. The molecule has 3 aromatic heterocycles. The zero-order valence-electron chi connectivity index (χ0n) is 22.2. The van der Waals surface area contributed by atoms with Gasteiger partial charge in [-0.25, -0.2) is 19.4 Å². The van der Waals surface area contributed by atoms with Crippen molar-refractivity contribution >= 4 is 52.2 Å². The molecule has 0 spiro atoms. The van der Waals surface area contributed by atoms with E-state index in [0.29, 0.717) is 27.4 Å². The Balaban J connectivity index is 1.37. The van der Waals surface area contributed by atoms with E-state index < -0.39 is 17.8 Å². The van der Waals surface area contributed by atoms with E-state index in [1.165, 1.54) is 37.4 Å². The molecule has 6 rings (SSSR count). The third kappa shape index (κ3) is 5.34. The second-order valence-corrected chi connectivity index (χ2v) is 9.82. The molecule has 0 radical (unpaired) electrons. The van der Waals surface area contributed by atoms with Gasteiger partial charge >= 0.3 is 6.01 Å². The zero-order valence-corrected chi connectivity index (χ0v) is 23.0. The Morgan fingerprint density at radius 2 is 1.98 bits per heavy atom. The lowest BCUT2D eigenvalue weighted by Gasteiger charge is -2.27. The van der Waals surface area contributed by atoms with Crippen LogP contribution in [0.3, 0.4) is 0 Å². The van der Waals surface area contributed by atoms with Crippen molar-refractivity contribution in [2.24, 2.45) is 4.99 Å². The fourth-order valence-electron chi connectivity index (χ4n) is 4.52. The quantitative estimate of drug-likeness (QED) is 0.225. The Hall–Kier alpha value is -5.36. The van der Waals surface area contributed by atoms with Crippen LogP contribution in [-0.4, -0.2) is 37.2 Å². The topological polar surface area (TPSA) is 139 Å². The number of fused-ring (bicyclic) bond motifs is 1. The van der Waals surface area contributed by atoms with Crippen LogP contribution in [0.25, 0.3) is 16.8 Å². The molecule has 0 saturated carbocycles. The monoisotopic (exact) mass is 584 g/mol. The molecule has 0 fully saturated rings. The second kappa shape index (κ2) is 10.9. The standard InChI is InChI=1S/C29H22ClFN8O3/c1-15-25(27(41)36-24-11-17(16(2)40)7-8-33-24)26(20-5-4-19(13-21(20)30)39-10-9-32-14-39)37-28(34-15)38-29-35-22-6-3-18(31)12-23(22)42-29/h3-14,26H,1-2H3,(H,33,36,41)(H2,34,35,37,38). The number of imidazole rings is 1. The molecule has 0 bridgehead atoms. The summed E-state index contributed by atoms with van der Waals surface area (Å²) >= 11 is 6.77. The van der Waals surface area contributed by atoms with Gasteiger partial charge in [-0.3, -0.25) is 14.9 Å². The third-order valence-electron chi connectivity index (χ3n) is 6.55. The highest BCUT2D eigenvalue weighted by atomic mass is 35.5. The molecule has 1 aliphatic heterocycles. The summed E-state index contributed by atoms with van der Waals surface area (Å²) in [5.41, 5.74) is 3.19. The van der Waals surface area contributed by atoms with Gasteiger partial charge in [0.1, 0.15) is 23.2 Å². The van der Waals surface area contributed by atoms with Gasteiger partial charge in [-0.1, -0.05) is 17.7 Å². The molecule has 1 unspecified atom stereocenters. The van der Waals surface area contributed by atoms with E-state index in [2.05, 4.69) is 30.9 Å². The van der Waals surface area contributed by atoms with E-state index >= 15 is 0 Å². The summed E-state index contributed by atoms with van der Waals surface area (Å²) in [4.78, 5) is 42.9. The molecule has 1 atom stereocenters. The molecule has 0 saturated heterocycles. The smallest absolute Gasteiger partial charge is 0.302 e. The Labute approximate surface area is 243 Å². The first-order chi connectivity index (χ1) is 20.2. The summed E-state index contributed by atoms with van der Waals surface area (Å²) in [6.45, 7) is 3.15. The highest BCUT2D eigenvalue weighted by molar-refractivity contribution is 6.31. The van der Waals surface area contributed by atoms with Crippen molar-refractivity contribution < 1.29 is 18.4 Å². The van der Waals surface area contributed by atoms with Crippen molar-refractivity contribution in [3.8, 4) is 5.69 Å². The summed E-state index contributed by atoms with van der Waals surface area (Å²) in [5, 5.41) is 9.17. The predicted molar refractivity (Wildman–Crippen MR) is 155 cm³/mol. The number of rotatable bonds is 6. The van der Waals surface area contributed by atoms with E-state index in [9.17, 15) is 14.0 Å². The van der Waals surface area contributed by atoms with Gasteiger partial charge in [-0.05, 0) is 50.2 Å². The minimum atomic E-state index is -0.865. The first-order valence-corrected chi connectivity index (χ1v) is 13.1. The molecule has 3 N–H and O–H groups in total. The number of carbonyl (C=O) groups excluding carboxylic acids is 2. The lowest BCUT2D eigenvalue weighted by atomic mass is 9.95. The van der Waals surface area contributed by atoms with Crippen LogP contribution in [0.2, 0.25) is 5.02 Å². The number of guanidine groups is 1. The number of anilines is 2. The summed E-state index contributed by atoms with van der Waals surface area (Å²) in [5.74, 6) is -0.669. The predicted octanol–water partition coefficient (Wildman–Crippen LogP) is 5.43. The van der Waals surface area contributed by atoms with E-state index in [1.807, 2.05) is 6.07 Å². The molecule has 4 heterocycles. The van der Waals surface area contributed by atoms with Gasteiger partial charge < -0.3 is 19.6 Å². The molecule has 1 amide bonds. The number of oxazole rings is 1.